The van der Waals surface area contributed by atoms with Gasteiger partial charge < -0.3 is 5.32 Å². The fourth-order valence-electron chi connectivity index (χ4n) is 3.40. The van der Waals surface area contributed by atoms with Gasteiger partial charge in [-0.2, -0.15) is 5.10 Å². The number of hydrogen-bond donors (Lipinski definition) is 1. The molecule has 3 rings (SSSR count). The summed E-state index contributed by atoms with van der Waals surface area (Å²) in [5, 5.41) is 7.92. The van der Waals surface area contributed by atoms with Gasteiger partial charge in [0, 0.05) is 18.9 Å². The van der Waals surface area contributed by atoms with Crippen molar-refractivity contribution in [1.82, 2.24) is 20.1 Å². The Kier molecular flexibility index (Phi) is 6.24. The number of aryl methyl sites for hydroxylation is 1. The van der Waals surface area contributed by atoms with Crippen LogP contribution in [0.25, 0.3) is 5.69 Å². The Hall–Kier alpha value is -2.95. The smallest absolute Gasteiger partial charge is 0.255 e. The first-order valence-electron chi connectivity index (χ1n) is 9.85. The molecule has 0 fully saturated rings. The van der Waals surface area contributed by atoms with Gasteiger partial charge in [-0.15, -0.1) is 0 Å². The number of pyridine rings is 1. The molecule has 1 N–H and O–H groups in total. The van der Waals surface area contributed by atoms with Crippen LogP contribution < -0.4 is 5.32 Å². The maximum Gasteiger partial charge on any atom is 0.255 e. The van der Waals surface area contributed by atoms with E-state index in [1.54, 1.807) is 12.4 Å². The Balaban J connectivity index is 2.00. The monoisotopic (exact) mass is 376 g/mol. The van der Waals surface area contributed by atoms with E-state index < -0.39 is 0 Å². The Morgan fingerprint density at radius 3 is 2.61 bits per heavy atom. The molecule has 146 valence electrons. The van der Waals surface area contributed by atoms with Crippen molar-refractivity contribution in [2.75, 3.05) is 0 Å². The van der Waals surface area contributed by atoms with Gasteiger partial charge in [-0.1, -0.05) is 45.0 Å². The first kappa shape index (κ1) is 19.8. The normalized spacial score (nSPS) is 11.0. The summed E-state index contributed by atoms with van der Waals surface area (Å²) in [5.74, 6) is 0.339. The van der Waals surface area contributed by atoms with E-state index in [9.17, 15) is 4.79 Å². The highest BCUT2D eigenvalue weighted by Crippen LogP contribution is 2.24. The van der Waals surface area contributed by atoms with E-state index in [0.717, 1.165) is 41.0 Å². The van der Waals surface area contributed by atoms with Gasteiger partial charge in [-0.25, -0.2) is 4.68 Å². The lowest BCUT2D eigenvalue weighted by atomic mass is 10.0. The van der Waals surface area contributed by atoms with E-state index in [4.69, 9.17) is 5.10 Å². The number of nitrogens with zero attached hydrogens (tertiary/aromatic N) is 3. The van der Waals surface area contributed by atoms with Crippen molar-refractivity contribution >= 4 is 5.91 Å². The predicted octanol–water partition coefficient (Wildman–Crippen LogP) is 4.27. The standard InChI is InChI=1S/C23H28N4O/c1-5-20-22(23(28)25-15-18-10-8-12-24-14-18)19(13-16(2)3)26-27(20)21-11-7-6-9-17(21)4/h6-12,14,16H,5,13,15H2,1-4H3,(H,25,28). The molecule has 0 aliphatic carbocycles. The van der Waals surface area contributed by atoms with Crippen LogP contribution in [0.5, 0.6) is 0 Å². The number of amides is 1. The summed E-state index contributed by atoms with van der Waals surface area (Å²) < 4.78 is 1.95. The van der Waals surface area contributed by atoms with Gasteiger partial charge in [0.1, 0.15) is 0 Å². The first-order chi connectivity index (χ1) is 13.5. The van der Waals surface area contributed by atoms with E-state index in [0.29, 0.717) is 18.0 Å². The van der Waals surface area contributed by atoms with Gasteiger partial charge in [0.15, 0.2) is 0 Å². The number of aromatic nitrogens is 3. The minimum atomic E-state index is -0.0730. The number of benzene rings is 1. The highest BCUT2D eigenvalue weighted by atomic mass is 16.1. The van der Waals surface area contributed by atoms with Crippen LogP contribution in [0.2, 0.25) is 0 Å². The Labute approximate surface area is 166 Å². The lowest BCUT2D eigenvalue weighted by Gasteiger charge is -2.11. The zero-order valence-electron chi connectivity index (χ0n) is 17.1. The molecule has 0 spiro atoms. The van der Waals surface area contributed by atoms with Crippen molar-refractivity contribution in [3.63, 3.8) is 0 Å². The minimum absolute atomic E-state index is 0.0730. The third-order valence-electron chi connectivity index (χ3n) is 4.74. The van der Waals surface area contributed by atoms with Crippen LogP contribution in [-0.4, -0.2) is 20.7 Å². The third kappa shape index (κ3) is 4.30. The second kappa shape index (κ2) is 8.83. The molecule has 0 unspecified atom stereocenters. The minimum Gasteiger partial charge on any atom is -0.348 e. The Bertz CT molecular complexity index is 944. The quantitative estimate of drug-likeness (QED) is 0.670. The molecule has 0 radical (unpaired) electrons. The summed E-state index contributed by atoms with van der Waals surface area (Å²) in [4.78, 5) is 17.3. The number of para-hydroxylation sites is 1. The number of carbonyl (C=O) groups is 1. The molecule has 0 bridgehead atoms. The number of rotatable bonds is 7. The predicted molar refractivity (Wildman–Crippen MR) is 112 cm³/mol. The summed E-state index contributed by atoms with van der Waals surface area (Å²) >= 11 is 0. The number of hydrogen-bond acceptors (Lipinski definition) is 3. The fourth-order valence-corrected chi connectivity index (χ4v) is 3.40. The Morgan fingerprint density at radius 1 is 1.18 bits per heavy atom. The topological polar surface area (TPSA) is 59.8 Å². The maximum atomic E-state index is 13.1. The molecule has 5 nitrogen and oxygen atoms in total. The number of nitrogens with one attached hydrogen (secondary N) is 1. The summed E-state index contributed by atoms with van der Waals surface area (Å²) in [7, 11) is 0. The van der Waals surface area contributed by atoms with E-state index in [1.807, 2.05) is 28.9 Å². The zero-order chi connectivity index (χ0) is 20.1. The molecule has 5 heteroatoms. The average molecular weight is 377 g/mol. The van der Waals surface area contributed by atoms with Crippen LogP contribution in [0.15, 0.2) is 48.8 Å². The van der Waals surface area contributed by atoms with E-state index in [2.05, 4.69) is 50.1 Å². The molecule has 2 heterocycles. The van der Waals surface area contributed by atoms with Crippen molar-refractivity contribution in [2.45, 2.75) is 47.1 Å². The van der Waals surface area contributed by atoms with Gasteiger partial charge in [-0.05, 0) is 48.9 Å². The highest BCUT2D eigenvalue weighted by Gasteiger charge is 2.24. The first-order valence-corrected chi connectivity index (χ1v) is 9.85. The van der Waals surface area contributed by atoms with E-state index >= 15 is 0 Å². The molecule has 0 saturated carbocycles. The number of carbonyl (C=O) groups excluding carboxylic acids is 1. The molecule has 2 aromatic heterocycles. The van der Waals surface area contributed by atoms with Crippen molar-refractivity contribution in [3.8, 4) is 5.69 Å². The molecule has 28 heavy (non-hydrogen) atoms. The van der Waals surface area contributed by atoms with Crippen molar-refractivity contribution in [1.29, 1.82) is 0 Å². The maximum absolute atomic E-state index is 13.1. The second-order valence-electron chi connectivity index (χ2n) is 7.46. The third-order valence-corrected chi connectivity index (χ3v) is 4.74. The summed E-state index contributed by atoms with van der Waals surface area (Å²) in [6.07, 6.45) is 5.00. The van der Waals surface area contributed by atoms with Crippen molar-refractivity contribution in [2.24, 2.45) is 5.92 Å². The molecule has 1 aromatic carbocycles. The zero-order valence-corrected chi connectivity index (χ0v) is 17.1. The average Bonchev–Trinajstić information content (AvgIpc) is 3.04. The molecule has 1 amide bonds. The van der Waals surface area contributed by atoms with Gasteiger partial charge in [0.2, 0.25) is 0 Å². The highest BCUT2D eigenvalue weighted by molar-refractivity contribution is 5.96. The summed E-state index contributed by atoms with van der Waals surface area (Å²) in [6, 6.07) is 12.0. The van der Waals surface area contributed by atoms with Gasteiger partial charge in [-0.3, -0.25) is 9.78 Å². The lowest BCUT2D eigenvalue weighted by Crippen LogP contribution is -2.25. The summed E-state index contributed by atoms with van der Waals surface area (Å²) in [6.45, 7) is 8.89. The molecule has 0 saturated heterocycles. The molecule has 0 aliphatic heterocycles. The molecule has 0 aliphatic rings. The summed E-state index contributed by atoms with van der Waals surface area (Å²) in [5.41, 5.74) is 5.66. The molecule has 0 atom stereocenters. The van der Waals surface area contributed by atoms with Crippen LogP contribution in [-0.2, 0) is 19.4 Å². The van der Waals surface area contributed by atoms with Crippen LogP contribution in [0.3, 0.4) is 0 Å². The fraction of sp³-hybridized carbons (Fsp3) is 0.348. The van der Waals surface area contributed by atoms with Gasteiger partial charge in [0.05, 0.1) is 22.6 Å². The van der Waals surface area contributed by atoms with Crippen LogP contribution in [0.1, 0.15) is 53.6 Å². The van der Waals surface area contributed by atoms with Gasteiger partial charge >= 0.3 is 0 Å². The second-order valence-corrected chi connectivity index (χ2v) is 7.46. The SMILES string of the molecule is CCc1c(C(=O)NCc2cccnc2)c(CC(C)C)nn1-c1ccccc1C. The molecular weight excluding hydrogens is 348 g/mol. The van der Waals surface area contributed by atoms with E-state index in [-0.39, 0.29) is 5.91 Å². The molecule has 3 aromatic rings. The van der Waals surface area contributed by atoms with Crippen LogP contribution >= 0.6 is 0 Å². The van der Waals surface area contributed by atoms with Gasteiger partial charge in [0.25, 0.3) is 5.91 Å². The van der Waals surface area contributed by atoms with Crippen molar-refractivity contribution in [3.05, 3.63) is 76.9 Å². The lowest BCUT2D eigenvalue weighted by molar-refractivity contribution is 0.0949. The van der Waals surface area contributed by atoms with Crippen LogP contribution in [0.4, 0.5) is 0 Å². The molecular formula is C23H28N4O. The Morgan fingerprint density at radius 2 is 1.96 bits per heavy atom. The van der Waals surface area contributed by atoms with Crippen molar-refractivity contribution < 1.29 is 4.79 Å². The van der Waals surface area contributed by atoms with E-state index in [1.165, 1.54) is 0 Å². The van der Waals surface area contributed by atoms with Crippen LogP contribution in [0, 0.1) is 12.8 Å². The largest absolute Gasteiger partial charge is 0.348 e.